The van der Waals surface area contributed by atoms with Crippen LogP contribution in [0.25, 0.3) is 0 Å². The summed E-state index contributed by atoms with van der Waals surface area (Å²) in [5, 5.41) is 0. The highest BCUT2D eigenvalue weighted by molar-refractivity contribution is 5.33. The van der Waals surface area contributed by atoms with Gasteiger partial charge in [0.05, 0.1) is 0 Å². The number of rotatable bonds is 4. The van der Waals surface area contributed by atoms with Gasteiger partial charge in [0.15, 0.2) is 0 Å². The van der Waals surface area contributed by atoms with Crippen LogP contribution in [0.2, 0.25) is 0 Å². The molecule has 1 aliphatic carbocycles. The van der Waals surface area contributed by atoms with Crippen LogP contribution in [0.4, 0.5) is 0 Å². The van der Waals surface area contributed by atoms with Crippen molar-refractivity contribution in [3.63, 3.8) is 0 Å². The number of benzene rings is 1. The van der Waals surface area contributed by atoms with E-state index in [0.29, 0.717) is 5.92 Å². The summed E-state index contributed by atoms with van der Waals surface area (Å²) in [5.41, 5.74) is 10.6. The fraction of sp³-hybridized carbons (Fsp3) is 0.667. The van der Waals surface area contributed by atoms with Crippen molar-refractivity contribution in [2.24, 2.45) is 17.6 Å². The van der Waals surface area contributed by atoms with Crippen LogP contribution in [0.15, 0.2) is 18.2 Å². The maximum absolute atomic E-state index is 6.56. The number of aryl methyl sites for hydroxylation is 2. The summed E-state index contributed by atoms with van der Waals surface area (Å²) in [6, 6.07) is 6.93. The summed E-state index contributed by atoms with van der Waals surface area (Å²) in [7, 11) is 0. The number of hydrogen-bond acceptors (Lipinski definition) is 1. The van der Waals surface area contributed by atoms with Crippen LogP contribution >= 0.6 is 0 Å². The standard InChI is InChI=1S/C18H29N/c1-4-5-15-8-10-16(11-9-15)18(19)17-12-13(2)6-7-14(17)3/h6-7,12,15-16,18H,4-5,8-11,19H2,1-3H3. The minimum absolute atomic E-state index is 0.238. The van der Waals surface area contributed by atoms with Crippen molar-refractivity contribution in [3.8, 4) is 0 Å². The van der Waals surface area contributed by atoms with Gasteiger partial charge in [0.2, 0.25) is 0 Å². The van der Waals surface area contributed by atoms with E-state index >= 15 is 0 Å². The molecule has 1 aromatic rings. The minimum atomic E-state index is 0.238. The average molecular weight is 259 g/mol. The fourth-order valence-electron chi connectivity index (χ4n) is 3.62. The van der Waals surface area contributed by atoms with Crippen LogP contribution in [0, 0.1) is 25.7 Å². The lowest BCUT2D eigenvalue weighted by Gasteiger charge is -2.33. The zero-order chi connectivity index (χ0) is 13.8. The molecule has 2 N–H and O–H groups in total. The molecule has 1 heteroatoms. The molecular formula is C18H29N. The highest BCUT2D eigenvalue weighted by Gasteiger charge is 2.26. The summed E-state index contributed by atoms with van der Waals surface area (Å²) in [5.74, 6) is 1.65. The van der Waals surface area contributed by atoms with Gasteiger partial charge in [-0.05, 0) is 49.7 Å². The van der Waals surface area contributed by atoms with Crippen molar-refractivity contribution in [2.75, 3.05) is 0 Å². The van der Waals surface area contributed by atoms with Gasteiger partial charge in [-0.2, -0.15) is 0 Å². The van der Waals surface area contributed by atoms with Crippen LogP contribution in [0.1, 0.15) is 68.2 Å². The molecule has 1 aromatic carbocycles. The van der Waals surface area contributed by atoms with Crippen LogP contribution in [0.3, 0.4) is 0 Å². The highest BCUT2D eigenvalue weighted by Crippen LogP contribution is 2.38. The van der Waals surface area contributed by atoms with E-state index in [1.54, 1.807) is 0 Å². The Kier molecular flexibility index (Phi) is 5.04. The summed E-state index contributed by atoms with van der Waals surface area (Å²) in [6.45, 7) is 6.65. The molecule has 1 unspecified atom stereocenters. The molecule has 1 saturated carbocycles. The van der Waals surface area contributed by atoms with E-state index in [4.69, 9.17) is 5.73 Å². The van der Waals surface area contributed by atoms with Crippen LogP contribution < -0.4 is 5.73 Å². The Balaban J connectivity index is 2.01. The second-order valence-corrected chi connectivity index (χ2v) is 6.46. The molecule has 0 radical (unpaired) electrons. The molecule has 0 aliphatic heterocycles. The predicted octanol–water partition coefficient (Wildman–Crippen LogP) is 4.91. The van der Waals surface area contributed by atoms with Gasteiger partial charge < -0.3 is 5.73 Å². The van der Waals surface area contributed by atoms with E-state index in [-0.39, 0.29) is 6.04 Å². The molecule has 2 rings (SSSR count). The molecule has 0 amide bonds. The topological polar surface area (TPSA) is 26.0 Å². The van der Waals surface area contributed by atoms with Gasteiger partial charge in [0.1, 0.15) is 0 Å². The second-order valence-electron chi connectivity index (χ2n) is 6.46. The first kappa shape index (κ1) is 14.6. The van der Waals surface area contributed by atoms with Crippen molar-refractivity contribution < 1.29 is 0 Å². The van der Waals surface area contributed by atoms with E-state index in [2.05, 4.69) is 39.0 Å². The normalized spacial score (nSPS) is 25.3. The van der Waals surface area contributed by atoms with E-state index in [1.165, 1.54) is 55.2 Å². The average Bonchev–Trinajstić information content (AvgIpc) is 2.42. The monoisotopic (exact) mass is 259 g/mol. The maximum atomic E-state index is 6.56. The molecule has 1 fully saturated rings. The van der Waals surface area contributed by atoms with Crippen molar-refractivity contribution >= 4 is 0 Å². The quantitative estimate of drug-likeness (QED) is 0.817. The van der Waals surface area contributed by atoms with Gasteiger partial charge in [-0.1, -0.05) is 56.4 Å². The Hall–Kier alpha value is -0.820. The third kappa shape index (κ3) is 3.60. The summed E-state index contributed by atoms with van der Waals surface area (Å²) < 4.78 is 0. The van der Waals surface area contributed by atoms with Crippen LogP contribution in [-0.4, -0.2) is 0 Å². The van der Waals surface area contributed by atoms with Crippen molar-refractivity contribution in [1.82, 2.24) is 0 Å². The van der Waals surface area contributed by atoms with Gasteiger partial charge in [-0.3, -0.25) is 0 Å². The largest absolute Gasteiger partial charge is 0.324 e. The molecule has 19 heavy (non-hydrogen) atoms. The van der Waals surface area contributed by atoms with Gasteiger partial charge >= 0.3 is 0 Å². The maximum Gasteiger partial charge on any atom is 0.0326 e. The third-order valence-electron chi connectivity index (χ3n) is 4.89. The van der Waals surface area contributed by atoms with Gasteiger partial charge in [0, 0.05) is 6.04 Å². The Morgan fingerprint density at radius 2 is 1.84 bits per heavy atom. The Morgan fingerprint density at radius 1 is 1.16 bits per heavy atom. The van der Waals surface area contributed by atoms with Crippen molar-refractivity contribution in [1.29, 1.82) is 0 Å². The van der Waals surface area contributed by atoms with E-state index in [9.17, 15) is 0 Å². The van der Waals surface area contributed by atoms with E-state index < -0.39 is 0 Å². The zero-order valence-corrected chi connectivity index (χ0v) is 12.8. The molecule has 0 aromatic heterocycles. The number of nitrogens with two attached hydrogens (primary N) is 1. The van der Waals surface area contributed by atoms with Gasteiger partial charge in [0.25, 0.3) is 0 Å². The first-order chi connectivity index (χ1) is 9.11. The molecule has 0 spiro atoms. The van der Waals surface area contributed by atoms with Gasteiger partial charge in [-0.25, -0.2) is 0 Å². The summed E-state index contributed by atoms with van der Waals surface area (Å²) in [6.07, 6.45) is 8.15. The Bertz CT molecular complexity index is 402. The molecule has 1 nitrogen and oxygen atoms in total. The van der Waals surface area contributed by atoms with Crippen LogP contribution in [-0.2, 0) is 0 Å². The Morgan fingerprint density at radius 3 is 2.47 bits per heavy atom. The smallest absolute Gasteiger partial charge is 0.0326 e. The lowest BCUT2D eigenvalue weighted by Crippen LogP contribution is -2.26. The van der Waals surface area contributed by atoms with Crippen LogP contribution in [0.5, 0.6) is 0 Å². The summed E-state index contributed by atoms with van der Waals surface area (Å²) in [4.78, 5) is 0. The lowest BCUT2D eigenvalue weighted by molar-refractivity contribution is 0.234. The van der Waals surface area contributed by atoms with E-state index in [0.717, 1.165) is 5.92 Å². The predicted molar refractivity (Wildman–Crippen MR) is 83.2 cm³/mol. The SMILES string of the molecule is CCCC1CCC(C(N)c2cc(C)ccc2C)CC1. The first-order valence-electron chi connectivity index (χ1n) is 7.94. The minimum Gasteiger partial charge on any atom is -0.324 e. The fourth-order valence-corrected chi connectivity index (χ4v) is 3.62. The molecule has 0 saturated heterocycles. The number of hydrogen-bond donors (Lipinski definition) is 1. The van der Waals surface area contributed by atoms with Crippen molar-refractivity contribution in [2.45, 2.75) is 65.3 Å². The molecule has 1 atom stereocenters. The first-order valence-corrected chi connectivity index (χ1v) is 7.94. The summed E-state index contributed by atoms with van der Waals surface area (Å²) >= 11 is 0. The molecule has 1 aliphatic rings. The highest BCUT2D eigenvalue weighted by atomic mass is 14.7. The zero-order valence-electron chi connectivity index (χ0n) is 12.8. The third-order valence-corrected chi connectivity index (χ3v) is 4.89. The molecule has 0 heterocycles. The van der Waals surface area contributed by atoms with E-state index in [1.807, 2.05) is 0 Å². The van der Waals surface area contributed by atoms with Crippen molar-refractivity contribution in [3.05, 3.63) is 34.9 Å². The molecule has 106 valence electrons. The second kappa shape index (κ2) is 6.56. The Labute approximate surface area is 118 Å². The lowest BCUT2D eigenvalue weighted by atomic mass is 9.75. The molecule has 0 bridgehead atoms. The molecular weight excluding hydrogens is 230 g/mol. The van der Waals surface area contributed by atoms with Gasteiger partial charge in [-0.15, -0.1) is 0 Å².